The Morgan fingerprint density at radius 3 is 2.95 bits per heavy atom. The lowest BCUT2D eigenvalue weighted by Gasteiger charge is -2.20. The minimum Gasteiger partial charge on any atom is -0.384 e. The molecule has 1 aliphatic rings. The van der Waals surface area contributed by atoms with E-state index in [0.29, 0.717) is 11.2 Å². The van der Waals surface area contributed by atoms with Gasteiger partial charge in [-0.25, -0.2) is 4.79 Å². The molecule has 0 spiro atoms. The lowest BCUT2D eigenvalue weighted by atomic mass is 10.1. The molecular formula is C11H15F2N3O4. The van der Waals surface area contributed by atoms with Gasteiger partial charge in [0.25, 0.3) is 0 Å². The van der Waals surface area contributed by atoms with Crippen molar-refractivity contribution in [2.24, 2.45) is 0 Å². The average molecular weight is 291 g/mol. The fourth-order valence-corrected chi connectivity index (χ4v) is 1.94. The average Bonchev–Trinajstić information content (AvgIpc) is 2.60. The van der Waals surface area contributed by atoms with Gasteiger partial charge in [0.15, 0.2) is 6.10 Å². The molecule has 7 nitrogen and oxygen atoms in total. The number of halogens is 2. The molecule has 1 aromatic heterocycles. The Kier molecular flexibility index (Phi) is 4.02. The summed E-state index contributed by atoms with van der Waals surface area (Å²) >= 11 is 0. The van der Waals surface area contributed by atoms with Gasteiger partial charge in [0.05, 0.1) is 6.61 Å². The predicted octanol–water partition coefficient (Wildman–Crippen LogP) is -0.244. The van der Waals surface area contributed by atoms with E-state index in [2.05, 4.69) is 4.98 Å². The van der Waals surface area contributed by atoms with Crippen LogP contribution in [0.25, 0.3) is 0 Å². The van der Waals surface area contributed by atoms with Gasteiger partial charge in [-0.1, -0.05) is 0 Å². The quantitative estimate of drug-likeness (QED) is 0.794. The molecule has 0 saturated carbocycles. The Balaban J connectivity index is 2.29. The Hall–Kier alpha value is -1.58. The van der Waals surface area contributed by atoms with Gasteiger partial charge in [-0.05, 0) is 13.0 Å². The zero-order chi connectivity index (χ0) is 14.9. The second-order valence-corrected chi connectivity index (χ2v) is 4.35. The first-order valence-electron chi connectivity index (χ1n) is 6.01. The minimum atomic E-state index is -3.64. The second-order valence-electron chi connectivity index (χ2n) is 4.35. The second kappa shape index (κ2) is 5.43. The molecule has 1 saturated heterocycles. The zero-order valence-corrected chi connectivity index (χ0v) is 10.7. The normalized spacial score (nSPS) is 28.7. The highest BCUT2D eigenvalue weighted by Gasteiger charge is 2.59. The molecule has 3 N–H and O–H groups in total. The lowest BCUT2D eigenvalue weighted by Crippen LogP contribution is -2.42. The minimum absolute atomic E-state index is 0.0843. The van der Waals surface area contributed by atoms with Gasteiger partial charge < -0.3 is 20.3 Å². The van der Waals surface area contributed by atoms with Crippen molar-refractivity contribution in [3.63, 3.8) is 0 Å². The van der Waals surface area contributed by atoms with Crippen molar-refractivity contribution in [2.45, 2.75) is 31.3 Å². The van der Waals surface area contributed by atoms with Crippen LogP contribution in [0, 0.1) is 0 Å². The highest BCUT2D eigenvalue weighted by molar-refractivity contribution is 5.23. The number of hydrogen-bond donors (Lipinski definition) is 2. The number of nitrogens with zero attached hydrogens (tertiary/aromatic N) is 2. The van der Waals surface area contributed by atoms with E-state index in [1.54, 1.807) is 6.92 Å². The van der Waals surface area contributed by atoms with Gasteiger partial charge in [0.2, 0.25) is 6.23 Å². The summed E-state index contributed by atoms with van der Waals surface area (Å²) in [5.74, 6) is -3.72. The van der Waals surface area contributed by atoms with Crippen LogP contribution in [0.4, 0.5) is 14.6 Å². The third-order valence-electron chi connectivity index (χ3n) is 2.97. The summed E-state index contributed by atoms with van der Waals surface area (Å²) < 4.78 is 38.6. The molecule has 3 atom stereocenters. The van der Waals surface area contributed by atoms with Crippen LogP contribution in [0.5, 0.6) is 0 Å². The Labute approximate surface area is 112 Å². The molecule has 112 valence electrons. The Bertz CT molecular complexity index is 537. The maximum Gasteiger partial charge on any atom is 0.351 e. The number of alkyl halides is 2. The molecule has 2 heterocycles. The highest BCUT2D eigenvalue weighted by Crippen LogP contribution is 2.42. The number of hydrogen-bond acceptors (Lipinski definition) is 6. The zero-order valence-electron chi connectivity index (χ0n) is 10.7. The van der Waals surface area contributed by atoms with Gasteiger partial charge in [0.1, 0.15) is 11.9 Å². The van der Waals surface area contributed by atoms with Crippen molar-refractivity contribution in [1.82, 2.24) is 9.55 Å². The van der Waals surface area contributed by atoms with Crippen LogP contribution in [-0.4, -0.2) is 46.0 Å². The van der Waals surface area contributed by atoms with Gasteiger partial charge in [-0.15, -0.1) is 0 Å². The van der Waals surface area contributed by atoms with Gasteiger partial charge in [0, 0.05) is 12.8 Å². The summed E-state index contributed by atoms with van der Waals surface area (Å²) in [4.78, 5) is 14.9. The molecule has 1 unspecified atom stereocenters. The molecule has 2 rings (SSSR count). The summed E-state index contributed by atoms with van der Waals surface area (Å²) in [6.07, 6.45) is -4.18. The van der Waals surface area contributed by atoms with Crippen LogP contribution >= 0.6 is 0 Å². The van der Waals surface area contributed by atoms with E-state index < -0.39 is 30.0 Å². The summed E-state index contributed by atoms with van der Waals surface area (Å²) in [5.41, 5.74) is 4.32. The van der Waals surface area contributed by atoms with Crippen molar-refractivity contribution < 1.29 is 23.4 Å². The van der Waals surface area contributed by atoms with E-state index in [0.717, 1.165) is 6.20 Å². The molecule has 0 aliphatic carbocycles. The molecule has 0 bridgehead atoms. The van der Waals surface area contributed by atoms with Crippen LogP contribution in [0.2, 0.25) is 0 Å². The van der Waals surface area contributed by atoms with Gasteiger partial charge in [-0.3, -0.25) is 4.57 Å². The summed E-state index contributed by atoms with van der Waals surface area (Å²) in [6, 6.07) is 1.20. The molecule has 0 radical (unpaired) electrons. The first kappa shape index (κ1) is 14.8. The summed E-state index contributed by atoms with van der Waals surface area (Å²) in [5, 5.41) is 9.61. The molecular weight excluding hydrogens is 276 g/mol. The van der Waals surface area contributed by atoms with E-state index in [-0.39, 0.29) is 12.4 Å². The van der Waals surface area contributed by atoms with Crippen molar-refractivity contribution in [2.75, 3.05) is 18.9 Å². The smallest absolute Gasteiger partial charge is 0.351 e. The first-order valence-corrected chi connectivity index (χ1v) is 6.01. The van der Waals surface area contributed by atoms with Crippen molar-refractivity contribution >= 4 is 5.82 Å². The van der Waals surface area contributed by atoms with E-state index >= 15 is 0 Å². The number of aliphatic hydroxyl groups excluding tert-OH is 1. The first-order chi connectivity index (χ1) is 9.37. The molecule has 20 heavy (non-hydrogen) atoms. The predicted molar refractivity (Wildman–Crippen MR) is 64.3 cm³/mol. The SMILES string of the molecule is CCOCC1O[C@@H](n2ccc(N)nc2=O)C(F)(F)[C@H]1O. The monoisotopic (exact) mass is 291 g/mol. The van der Waals surface area contributed by atoms with E-state index in [1.807, 2.05) is 0 Å². The molecule has 1 aliphatic heterocycles. The van der Waals surface area contributed by atoms with Crippen LogP contribution in [0.1, 0.15) is 13.2 Å². The third-order valence-corrected chi connectivity index (χ3v) is 2.97. The molecule has 1 fully saturated rings. The maximum atomic E-state index is 14.0. The topological polar surface area (TPSA) is 99.6 Å². The third kappa shape index (κ3) is 2.51. The lowest BCUT2D eigenvalue weighted by molar-refractivity contribution is -0.141. The standard InChI is InChI=1S/C11H15F2N3O4/c1-2-19-5-6-8(17)11(12,13)9(20-6)16-4-3-7(14)15-10(16)18/h3-4,6,8-9,17H,2,5H2,1H3,(H2,14,15,18)/t6?,8-,9+/m0/s1. The number of rotatable bonds is 4. The van der Waals surface area contributed by atoms with Crippen molar-refractivity contribution in [1.29, 1.82) is 0 Å². The van der Waals surface area contributed by atoms with E-state index in [4.69, 9.17) is 15.2 Å². The fraction of sp³-hybridized carbons (Fsp3) is 0.636. The molecule has 0 amide bonds. The fourth-order valence-electron chi connectivity index (χ4n) is 1.94. The van der Waals surface area contributed by atoms with Crippen LogP contribution < -0.4 is 11.4 Å². The number of anilines is 1. The number of nitrogens with two attached hydrogens (primary N) is 1. The van der Waals surface area contributed by atoms with E-state index in [9.17, 15) is 18.7 Å². The largest absolute Gasteiger partial charge is 0.384 e. The molecule has 9 heteroatoms. The number of ether oxygens (including phenoxy) is 2. The summed E-state index contributed by atoms with van der Waals surface area (Å²) in [7, 11) is 0. The molecule has 0 aromatic carbocycles. The number of aromatic nitrogens is 2. The Morgan fingerprint density at radius 2 is 2.35 bits per heavy atom. The maximum absolute atomic E-state index is 14.0. The summed E-state index contributed by atoms with van der Waals surface area (Å²) in [6.45, 7) is 1.79. The van der Waals surface area contributed by atoms with E-state index in [1.165, 1.54) is 6.07 Å². The number of aliphatic hydroxyl groups is 1. The highest BCUT2D eigenvalue weighted by atomic mass is 19.3. The van der Waals surface area contributed by atoms with Crippen molar-refractivity contribution in [3.8, 4) is 0 Å². The van der Waals surface area contributed by atoms with Crippen LogP contribution in [0.15, 0.2) is 17.1 Å². The van der Waals surface area contributed by atoms with Gasteiger partial charge in [-0.2, -0.15) is 13.8 Å². The molecule has 1 aromatic rings. The van der Waals surface area contributed by atoms with Crippen molar-refractivity contribution in [3.05, 3.63) is 22.7 Å². The Morgan fingerprint density at radius 1 is 1.65 bits per heavy atom. The van der Waals surface area contributed by atoms with Gasteiger partial charge >= 0.3 is 11.6 Å². The number of nitrogen functional groups attached to an aromatic ring is 1. The van der Waals surface area contributed by atoms with Crippen LogP contribution in [0.3, 0.4) is 0 Å². The van der Waals surface area contributed by atoms with Crippen LogP contribution in [-0.2, 0) is 9.47 Å².